The van der Waals surface area contributed by atoms with Crippen LogP contribution in [0.2, 0.25) is 0 Å². The third-order valence-electron chi connectivity index (χ3n) is 3.67. The summed E-state index contributed by atoms with van der Waals surface area (Å²) in [4.78, 5) is 8.87. The SMILES string of the molecule is CCn1ncnc1CC(N)c1cc(C)nc2ccccc12. The van der Waals surface area contributed by atoms with Gasteiger partial charge in [0, 0.05) is 30.1 Å². The first-order chi connectivity index (χ1) is 10.2. The molecule has 2 N–H and O–H groups in total. The van der Waals surface area contributed by atoms with Crippen LogP contribution in [0.25, 0.3) is 10.9 Å². The van der Waals surface area contributed by atoms with E-state index < -0.39 is 0 Å². The highest BCUT2D eigenvalue weighted by molar-refractivity contribution is 5.82. The minimum atomic E-state index is -0.119. The van der Waals surface area contributed by atoms with Crippen molar-refractivity contribution in [2.24, 2.45) is 5.73 Å². The topological polar surface area (TPSA) is 69.6 Å². The summed E-state index contributed by atoms with van der Waals surface area (Å²) in [6.07, 6.45) is 2.25. The van der Waals surface area contributed by atoms with Gasteiger partial charge in [-0.15, -0.1) is 0 Å². The molecule has 0 saturated heterocycles. The Balaban J connectivity index is 1.99. The number of nitrogens with zero attached hydrogens (tertiary/aromatic N) is 4. The second-order valence-electron chi connectivity index (χ2n) is 5.17. The van der Waals surface area contributed by atoms with Gasteiger partial charge in [-0.25, -0.2) is 4.98 Å². The van der Waals surface area contributed by atoms with Crippen molar-refractivity contribution in [1.29, 1.82) is 0 Å². The van der Waals surface area contributed by atoms with Gasteiger partial charge in [0.25, 0.3) is 0 Å². The second kappa shape index (κ2) is 5.61. The third kappa shape index (κ3) is 2.64. The highest BCUT2D eigenvalue weighted by atomic mass is 15.3. The minimum absolute atomic E-state index is 0.119. The van der Waals surface area contributed by atoms with Crippen LogP contribution in [0.5, 0.6) is 0 Å². The zero-order chi connectivity index (χ0) is 14.8. The molecule has 1 aromatic carbocycles. The molecule has 0 radical (unpaired) electrons. The van der Waals surface area contributed by atoms with Crippen LogP contribution in [0.15, 0.2) is 36.7 Å². The fraction of sp³-hybridized carbons (Fsp3) is 0.312. The second-order valence-corrected chi connectivity index (χ2v) is 5.17. The van der Waals surface area contributed by atoms with Crippen molar-refractivity contribution in [2.75, 3.05) is 0 Å². The van der Waals surface area contributed by atoms with Crippen LogP contribution < -0.4 is 5.73 Å². The van der Waals surface area contributed by atoms with E-state index in [-0.39, 0.29) is 6.04 Å². The van der Waals surface area contributed by atoms with Gasteiger partial charge in [0.2, 0.25) is 0 Å². The van der Waals surface area contributed by atoms with Gasteiger partial charge in [-0.3, -0.25) is 9.67 Å². The molecule has 0 aliphatic carbocycles. The van der Waals surface area contributed by atoms with Crippen molar-refractivity contribution < 1.29 is 0 Å². The molecule has 0 bridgehead atoms. The van der Waals surface area contributed by atoms with Gasteiger partial charge in [-0.2, -0.15) is 5.10 Å². The normalized spacial score (nSPS) is 12.7. The number of benzene rings is 1. The van der Waals surface area contributed by atoms with Crippen molar-refractivity contribution in [3.63, 3.8) is 0 Å². The molecule has 21 heavy (non-hydrogen) atoms. The minimum Gasteiger partial charge on any atom is -0.324 e. The molecule has 3 aromatic rings. The number of hydrogen-bond acceptors (Lipinski definition) is 4. The smallest absolute Gasteiger partial charge is 0.138 e. The maximum atomic E-state index is 6.44. The van der Waals surface area contributed by atoms with E-state index in [4.69, 9.17) is 5.73 Å². The summed E-state index contributed by atoms with van der Waals surface area (Å²) in [6, 6.07) is 10.1. The average Bonchev–Trinajstić information content (AvgIpc) is 2.93. The molecule has 0 amide bonds. The van der Waals surface area contributed by atoms with Gasteiger partial charge >= 0.3 is 0 Å². The first kappa shape index (κ1) is 13.7. The molecule has 1 atom stereocenters. The van der Waals surface area contributed by atoms with E-state index in [0.717, 1.165) is 34.5 Å². The summed E-state index contributed by atoms with van der Waals surface area (Å²) in [5, 5.41) is 5.31. The summed E-state index contributed by atoms with van der Waals surface area (Å²) in [7, 11) is 0. The highest BCUT2D eigenvalue weighted by Gasteiger charge is 2.15. The van der Waals surface area contributed by atoms with Crippen molar-refractivity contribution in [2.45, 2.75) is 32.9 Å². The number of hydrogen-bond donors (Lipinski definition) is 1. The standard InChI is InChI=1S/C16H19N5/c1-3-21-16(18-10-19-21)9-14(17)13-8-11(2)20-15-7-5-4-6-12(13)15/h4-8,10,14H,3,9,17H2,1-2H3. The van der Waals surface area contributed by atoms with E-state index in [1.54, 1.807) is 6.33 Å². The van der Waals surface area contributed by atoms with Crippen LogP contribution in [-0.2, 0) is 13.0 Å². The molecular weight excluding hydrogens is 262 g/mol. The lowest BCUT2D eigenvalue weighted by atomic mass is 9.99. The quantitative estimate of drug-likeness (QED) is 0.797. The zero-order valence-electron chi connectivity index (χ0n) is 12.3. The summed E-state index contributed by atoms with van der Waals surface area (Å²) >= 11 is 0. The summed E-state index contributed by atoms with van der Waals surface area (Å²) in [5.74, 6) is 0.920. The Labute approximate surface area is 123 Å². The largest absolute Gasteiger partial charge is 0.324 e. The van der Waals surface area contributed by atoms with Crippen LogP contribution in [0.3, 0.4) is 0 Å². The van der Waals surface area contributed by atoms with E-state index in [9.17, 15) is 0 Å². The number of aryl methyl sites for hydroxylation is 2. The predicted octanol–water partition coefficient (Wildman–Crippen LogP) is 2.40. The van der Waals surface area contributed by atoms with Gasteiger partial charge < -0.3 is 5.73 Å². The Morgan fingerprint density at radius 1 is 1.29 bits per heavy atom. The summed E-state index contributed by atoms with van der Waals surface area (Å²) in [5.41, 5.74) is 9.52. The fourth-order valence-corrected chi connectivity index (χ4v) is 2.66. The first-order valence-corrected chi connectivity index (χ1v) is 7.17. The Morgan fingerprint density at radius 3 is 2.90 bits per heavy atom. The molecule has 0 saturated carbocycles. The van der Waals surface area contributed by atoms with E-state index in [1.807, 2.05) is 29.8 Å². The molecule has 1 unspecified atom stereocenters. The van der Waals surface area contributed by atoms with Gasteiger partial charge in [-0.05, 0) is 31.5 Å². The highest BCUT2D eigenvalue weighted by Crippen LogP contribution is 2.24. The molecule has 5 nitrogen and oxygen atoms in total. The molecule has 3 rings (SSSR count). The van der Waals surface area contributed by atoms with Crippen LogP contribution >= 0.6 is 0 Å². The summed E-state index contributed by atoms with van der Waals surface area (Å²) in [6.45, 7) is 4.85. The Hall–Kier alpha value is -2.27. The lowest BCUT2D eigenvalue weighted by molar-refractivity contribution is 0.582. The Morgan fingerprint density at radius 2 is 2.10 bits per heavy atom. The van der Waals surface area contributed by atoms with Gasteiger partial charge in [0.15, 0.2) is 0 Å². The molecule has 2 aromatic heterocycles. The van der Waals surface area contributed by atoms with E-state index in [2.05, 4.69) is 34.1 Å². The maximum absolute atomic E-state index is 6.44. The number of rotatable bonds is 4. The van der Waals surface area contributed by atoms with Crippen LogP contribution in [-0.4, -0.2) is 19.7 Å². The molecule has 5 heteroatoms. The molecule has 0 aliphatic heterocycles. The lowest BCUT2D eigenvalue weighted by Crippen LogP contribution is -2.17. The number of nitrogens with two attached hydrogens (primary N) is 1. The molecule has 0 fully saturated rings. The molecular formula is C16H19N5. The van der Waals surface area contributed by atoms with Crippen molar-refractivity contribution >= 4 is 10.9 Å². The van der Waals surface area contributed by atoms with E-state index in [1.165, 1.54) is 0 Å². The van der Waals surface area contributed by atoms with E-state index >= 15 is 0 Å². The van der Waals surface area contributed by atoms with Gasteiger partial charge in [-0.1, -0.05) is 18.2 Å². The lowest BCUT2D eigenvalue weighted by Gasteiger charge is -2.15. The van der Waals surface area contributed by atoms with Crippen molar-refractivity contribution in [3.05, 3.63) is 53.7 Å². The molecule has 2 heterocycles. The monoisotopic (exact) mass is 281 g/mol. The first-order valence-electron chi connectivity index (χ1n) is 7.17. The van der Waals surface area contributed by atoms with Crippen LogP contribution in [0, 0.1) is 6.92 Å². The van der Waals surface area contributed by atoms with Crippen molar-refractivity contribution in [3.8, 4) is 0 Å². The van der Waals surface area contributed by atoms with Crippen molar-refractivity contribution in [1.82, 2.24) is 19.7 Å². The van der Waals surface area contributed by atoms with Gasteiger partial charge in [0.1, 0.15) is 12.2 Å². The Kier molecular flexibility index (Phi) is 3.66. The van der Waals surface area contributed by atoms with Crippen LogP contribution in [0.4, 0.5) is 0 Å². The number of fused-ring (bicyclic) bond motifs is 1. The summed E-state index contributed by atoms with van der Waals surface area (Å²) < 4.78 is 1.89. The Bertz CT molecular complexity index is 762. The van der Waals surface area contributed by atoms with Gasteiger partial charge in [0.05, 0.1) is 5.52 Å². The maximum Gasteiger partial charge on any atom is 0.138 e. The molecule has 108 valence electrons. The fourth-order valence-electron chi connectivity index (χ4n) is 2.66. The van der Waals surface area contributed by atoms with Crippen LogP contribution in [0.1, 0.15) is 30.0 Å². The average molecular weight is 281 g/mol. The molecule has 0 aliphatic rings. The number of aromatic nitrogens is 4. The van der Waals surface area contributed by atoms with E-state index in [0.29, 0.717) is 6.42 Å². The number of pyridine rings is 1. The number of para-hydroxylation sites is 1. The zero-order valence-corrected chi connectivity index (χ0v) is 12.3. The third-order valence-corrected chi connectivity index (χ3v) is 3.67. The molecule has 0 spiro atoms. The predicted molar refractivity (Wildman–Crippen MR) is 82.8 cm³/mol.